The van der Waals surface area contributed by atoms with Crippen molar-refractivity contribution in [3.05, 3.63) is 80.2 Å². The average Bonchev–Trinajstić information content (AvgIpc) is 3.20. The third-order valence-corrected chi connectivity index (χ3v) is 6.45. The number of benzene rings is 2. The molecule has 182 valence electrons. The fourth-order valence-electron chi connectivity index (χ4n) is 2.83. The molecule has 3 aromatic rings. The van der Waals surface area contributed by atoms with Crippen molar-refractivity contribution in [2.24, 2.45) is 5.10 Å². The number of nitro benzene ring substituents is 1. The van der Waals surface area contributed by atoms with Crippen LogP contribution in [0, 0.1) is 13.7 Å². The van der Waals surface area contributed by atoms with Crippen LogP contribution < -0.4 is 10.7 Å². The molecule has 0 spiro atoms. The highest BCUT2D eigenvalue weighted by Gasteiger charge is 2.20. The number of rotatable bonds is 11. The largest absolute Gasteiger partial charge is 0.507 e. The molecule has 3 rings (SSSR count). The number of non-ortho nitro benzene ring substituents is 1. The van der Waals surface area contributed by atoms with Gasteiger partial charge in [0.2, 0.25) is 0 Å². The number of carbonyl (C=O) groups is 1. The standard InChI is InChI=1S/C22H22IN7O4S/c1-3-10-29-20(13-24-17-6-4-16(23)5-7-17)26-28-22(29)35-14(2)21(32)27-25-12-15-11-18(30(33)34)8-9-19(15)31/h3-9,11-12,14,24,31H,1,10,13H2,2H3,(H,27,32)/b25-12+. The summed E-state index contributed by atoms with van der Waals surface area (Å²) in [6.07, 6.45) is 2.87. The van der Waals surface area contributed by atoms with Crippen molar-refractivity contribution in [2.45, 2.75) is 30.4 Å². The molecule has 1 unspecified atom stereocenters. The number of hydrazone groups is 1. The van der Waals surface area contributed by atoms with Crippen LogP contribution in [0.1, 0.15) is 18.3 Å². The number of nitrogens with one attached hydrogen (secondary N) is 2. The lowest BCUT2D eigenvalue weighted by atomic mass is 10.2. The molecule has 1 amide bonds. The van der Waals surface area contributed by atoms with Crippen LogP contribution in [0.4, 0.5) is 11.4 Å². The molecule has 1 heterocycles. The number of anilines is 1. The summed E-state index contributed by atoms with van der Waals surface area (Å²) in [5.74, 6) is 0.0838. The molecule has 35 heavy (non-hydrogen) atoms. The van der Waals surface area contributed by atoms with Crippen molar-refractivity contribution in [3.8, 4) is 5.75 Å². The minimum Gasteiger partial charge on any atom is -0.507 e. The van der Waals surface area contributed by atoms with Gasteiger partial charge in [-0.3, -0.25) is 14.9 Å². The van der Waals surface area contributed by atoms with Crippen LogP contribution in [0.3, 0.4) is 0 Å². The maximum absolute atomic E-state index is 12.5. The zero-order valence-corrected chi connectivity index (χ0v) is 21.6. The minimum absolute atomic E-state index is 0.107. The van der Waals surface area contributed by atoms with Crippen molar-refractivity contribution >= 4 is 57.8 Å². The number of amides is 1. The smallest absolute Gasteiger partial charge is 0.270 e. The van der Waals surface area contributed by atoms with Crippen LogP contribution in [-0.2, 0) is 17.9 Å². The molecular formula is C22H22IN7O4S. The van der Waals surface area contributed by atoms with Crippen molar-refractivity contribution in [1.82, 2.24) is 20.2 Å². The van der Waals surface area contributed by atoms with Gasteiger partial charge in [0.25, 0.3) is 11.6 Å². The van der Waals surface area contributed by atoms with E-state index in [9.17, 15) is 20.0 Å². The number of nitro groups is 1. The third kappa shape index (κ3) is 7.26. The summed E-state index contributed by atoms with van der Waals surface area (Å²) >= 11 is 3.45. The van der Waals surface area contributed by atoms with Gasteiger partial charge in [-0.05, 0) is 59.8 Å². The molecule has 1 aromatic heterocycles. The fourth-order valence-corrected chi connectivity index (χ4v) is 4.06. The van der Waals surface area contributed by atoms with E-state index in [0.29, 0.717) is 24.1 Å². The first kappa shape index (κ1) is 26.2. The van der Waals surface area contributed by atoms with Crippen molar-refractivity contribution in [3.63, 3.8) is 0 Å². The molecular weight excluding hydrogens is 585 g/mol. The van der Waals surface area contributed by atoms with E-state index < -0.39 is 16.1 Å². The summed E-state index contributed by atoms with van der Waals surface area (Å²) in [4.78, 5) is 22.8. The predicted molar refractivity (Wildman–Crippen MR) is 143 cm³/mol. The second-order valence-electron chi connectivity index (χ2n) is 7.15. The number of thioether (sulfide) groups is 1. The minimum atomic E-state index is -0.586. The number of nitrogens with zero attached hydrogens (tertiary/aromatic N) is 5. The molecule has 0 radical (unpaired) electrons. The van der Waals surface area contributed by atoms with Gasteiger partial charge in [0.15, 0.2) is 11.0 Å². The summed E-state index contributed by atoms with van der Waals surface area (Å²) < 4.78 is 3.01. The van der Waals surface area contributed by atoms with Crippen LogP contribution >= 0.6 is 34.4 Å². The Balaban J connectivity index is 1.62. The van der Waals surface area contributed by atoms with Crippen LogP contribution in [0.15, 0.2) is 65.4 Å². The van der Waals surface area contributed by atoms with E-state index in [4.69, 9.17) is 0 Å². The Morgan fingerprint density at radius 1 is 1.34 bits per heavy atom. The number of phenolic OH excluding ortho intramolecular Hbond substituents is 1. The van der Waals surface area contributed by atoms with Crippen molar-refractivity contribution < 1.29 is 14.8 Å². The molecule has 0 saturated carbocycles. The molecule has 0 aliphatic carbocycles. The van der Waals surface area contributed by atoms with Crippen LogP contribution in [0.5, 0.6) is 5.75 Å². The summed E-state index contributed by atoms with van der Waals surface area (Å²) in [5.41, 5.74) is 3.23. The molecule has 0 aliphatic rings. The lowest BCUT2D eigenvalue weighted by Crippen LogP contribution is -2.27. The number of hydrogen-bond acceptors (Lipinski definition) is 9. The third-order valence-electron chi connectivity index (χ3n) is 4.65. The first-order valence-corrected chi connectivity index (χ1v) is 12.2. The zero-order valence-electron chi connectivity index (χ0n) is 18.6. The summed E-state index contributed by atoms with van der Waals surface area (Å²) in [6.45, 7) is 6.39. The van der Waals surface area contributed by atoms with E-state index in [1.54, 1.807) is 13.0 Å². The first-order chi connectivity index (χ1) is 16.8. The normalized spacial score (nSPS) is 11.8. The number of aromatic hydroxyl groups is 1. The average molecular weight is 607 g/mol. The maximum atomic E-state index is 12.5. The number of aromatic nitrogens is 3. The van der Waals surface area contributed by atoms with E-state index >= 15 is 0 Å². The number of hydrogen-bond donors (Lipinski definition) is 3. The second kappa shape index (κ2) is 12.3. The van der Waals surface area contributed by atoms with E-state index in [2.05, 4.69) is 55.2 Å². The van der Waals surface area contributed by atoms with E-state index in [0.717, 1.165) is 21.5 Å². The lowest BCUT2D eigenvalue weighted by Gasteiger charge is -2.12. The van der Waals surface area contributed by atoms with E-state index in [-0.39, 0.29) is 17.0 Å². The highest BCUT2D eigenvalue weighted by molar-refractivity contribution is 14.1. The highest BCUT2D eigenvalue weighted by Crippen LogP contribution is 2.24. The van der Waals surface area contributed by atoms with Gasteiger partial charge in [-0.15, -0.1) is 16.8 Å². The molecule has 0 aliphatic heterocycles. The Hall–Kier alpha value is -3.46. The monoisotopic (exact) mass is 607 g/mol. The Bertz CT molecular complexity index is 1250. The molecule has 0 bridgehead atoms. The van der Waals surface area contributed by atoms with Gasteiger partial charge in [-0.25, -0.2) is 5.43 Å². The summed E-state index contributed by atoms with van der Waals surface area (Å²) in [7, 11) is 0. The van der Waals surface area contributed by atoms with Crippen molar-refractivity contribution in [2.75, 3.05) is 5.32 Å². The quantitative estimate of drug-likeness (QED) is 0.0742. The van der Waals surface area contributed by atoms with Crippen LogP contribution in [0.25, 0.3) is 0 Å². The molecule has 0 fully saturated rings. The second-order valence-corrected chi connectivity index (χ2v) is 9.71. The van der Waals surface area contributed by atoms with Crippen LogP contribution in [0.2, 0.25) is 0 Å². The number of halogens is 1. The molecule has 2 aromatic carbocycles. The Morgan fingerprint density at radius 2 is 2.09 bits per heavy atom. The maximum Gasteiger partial charge on any atom is 0.270 e. The van der Waals surface area contributed by atoms with E-state index in [1.807, 2.05) is 28.8 Å². The number of phenols is 1. The summed E-state index contributed by atoms with van der Waals surface area (Å²) in [6, 6.07) is 11.5. The van der Waals surface area contributed by atoms with Gasteiger partial charge in [0.1, 0.15) is 5.75 Å². The Kier molecular flexibility index (Phi) is 9.19. The van der Waals surface area contributed by atoms with Gasteiger partial charge < -0.3 is 15.0 Å². The Labute approximate surface area is 219 Å². The fraction of sp³-hybridized carbons (Fsp3) is 0.182. The van der Waals surface area contributed by atoms with Crippen LogP contribution in [-0.4, -0.2) is 42.2 Å². The Morgan fingerprint density at radius 3 is 2.77 bits per heavy atom. The number of carbonyl (C=O) groups excluding carboxylic acids is 1. The molecule has 0 saturated heterocycles. The van der Waals surface area contributed by atoms with E-state index in [1.165, 1.54) is 23.9 Å². The summed E-state index contributed by atoms with van der Waals surface area (Å²) in [5, 5.41) is 36.3. The van der Waals surface area contributed by atoms with Gasteiger partial charge in [-0.1, -0.05) is 17.8 Å². The van der Waals surface area contributed by atoms with Crippen molar-refractivity contribution in [1.29, 1.82) is 0 Å². The topological polar surface area (TPSA) is 148 Å². The highest BCUT2D eigenvalue weighted by atomic mass is 127. The first-order valence-electron chi connectivity index (χ1n) is 10.3. The molecule has 13 heteroatoms. The van der Waals surface area contributed by atoms with Gasteiger partial charge >= 0.3 is 0 Å². The SMILES string of the molecule is C=CCn1c(CNc2ccc(I)cc2)nnc1SC(C)C(=O)N/N=C/c1cc([N+](=O)[O-])ccc1O. The lowest BCUT2D eigenvalue weighted by molar-refractivity contribution is -0.384. The predicted octanol–water partition coefficient (Wildman–Crippen LogP) is 3.93. The van der Waals surface area contributed by atoms with Gasteiger partial charge in [-0.2, -0.15) is 5.10 Å². The molecule has 1 atom stereocenters. The number of allylic oxidation sites excluding steroid dienone is 1. The molecule has 3 N–H and O–H groups in total. The van der Waals surface area contributed by atoms with Gasteiger partial charge in [0, 0.05) is 33.5 Å². The molecule has 11 nitrogen and oxygen atoms in total. The zero-order chi connectivity index (χ0) is 25.4. The van der Waals surface area contributed by atoms with Gasteiger partial charge in [0.05, 0.1) is 22.9 Å².